The molecular weight excluding hydrogens is 691 g/mol. The second-order valence-electron chi connectivity index (χ2n) is 16.6. The first kappa shape index (κ1) is 37.4. The fourth-order valence-corrected chi connectivity index (χ4v) is 8.51. The summed E-state index contributed by atoms with van der Waals surface area (Å²) in [5.41, 5.74) is 0.0656. The lowest BCUT2D eigenvalue weighted by atomic mass is 9.85. The van der Waals surface area contributed by atoms with Crippen LogP contribution in [0.15, 0.2) is 36.9 Å². The Balaban J connectivity index is 1.30. The predicted molar refractivity (Wildman–Crippen MR) is 190 cm³/mol. The average molecular weight is 740 g/mol. The van der Waals surface area contributed by atoms with Crippen molar-refractivity contribution in [2.75, 3.05) is 13.2 Å². The van der Waals surface area contributed by atoms with Crippen LogP contribution >= 0.6 is 0 Å². The summed E-state index contributed by atoms with van der Waals surface area (Å²) >= 11 is 0. The quantitative estimate of drug-likeness (QED) is 0.369. The summed E-state index contributed by atoms with van der Waals surface area (Å²) in [6, 6.07) is 3.49. The van der Waals surface area contributed by atoms with Gasteiger partial charge in [-0.05, 0) is 47.8 Å². The van der Waals surface area contributed by atoms with Gasteiger partial charge in [0, 0.05) is 24.3 Å². The van der Waals surface area contributed by atoms with Crippen LogP contribution in [0.2, 0.25) is 0 Å². The van der Waals surface area contributed by atoms with Crippen LogP contribution in [0, 0.1) is 16.7 Å². The van der Waals surface area contributed by atoms with Crippen LogP contribution in [0.5, 0.6) is 0 Å². The number of hydrogen-bond acceptors (Lipinski definition) is 9. The van der Waals surface area contributed by atoms with Gasteiger partial charge in [0.25, 0.3) is 5.91 Å². The molecule has 0 radical (unpaired) electrons. The highest BCUT2D eigenvalue weighted by atomic mass is 32.2. The Hall–Kier alpha value is -4.40. The number of rotatable bonds is 6. The van der Waals surface area contributed by atoms with Crippen molar-refractivity contribution < 1.29 is 41.9 Å². The number of sulfonamides is 1. The van der Waals surface area contributed by atoms with E-state index in [-0.39, 0.29) is 26.0 Å². The molecule has 2 saturated carbocycles. The number of ether oxygens (including phenoxy) is 2. The molecule has 5 atom stereocenters. The van der Waals surface area contributed by atoms with Crippen molar-refractivity contribution in [1.82, 2.24) is 25.2 Å². The lowest BCUT2D eigenvalue weighted by molar-refractivity contribution is -0.143. The summed E-state index contributed by atoms with van der Waals surface area (Å²) in [6.45, 7) is 13.5. The Morgan fingerprint density at radius 2 is 1.85 bits per heavy atom. The first-order valence-electron chi connectivity index (χ1n) is 17.8. The predicted octanol–water partition coefficient (Wildman–Crippen LogP) is 3.36. The van der Waals surface area contributed by atoms with Crippen LogP contribution in [0.4, 0.5) is 9.59 Å². The molecule has 52 heavy (non-hydrogen) atoms. The molecule has 15 heteroatoms. The van der Waals surface area contributed by atoms with E-state index in [4.69, 9.17) is 9.47 Å². The molecular formula is C37H49N5O9S. The molecule has 5 amide bonds. The van der Waals surface area contributed by atoms with E-state index in [1.54, 1.807) is 25.7 Å². The molecule has 4 bridgehead atoms. The number of nitrogens with zero attached hydrogens (tertiary/aromatic N) is 2. The van der Waals surface area contributed by atoms with E-state index in [1.165, 1.54) is 11.0 Å². The summed E-state index contributed by atoms with van der Waals surface area (Å²) < 4.78 is 39.0. The van der Waals surface area contributed by atoms with Crippen LogP contribution < -0.4 is 15.4 Å². The van der Waals surface area contributed by atoms with Crippen LogP contribution in [-0.4, -0.2) is 90.3 Å². The van der Waals surface area contributed by atoms with E-state index in [0.29, 0.717) is 32.4 Å². The van der Waals surface area contributed by atoms with E-state index in [0.717, 1.165) is 16.7 Å². The molecule has 282 valence electrons. The molecule has 0 aromatic heterocycles. The lowest BCUT2D eigenvalue weighted by Crippen LogP contribution is -2.60. The van der Waals surface area contributed by atoms with Gasteiger partial charge in [0.1, 0.15) is 23.7 Å². The summed E-state index contributed by atoms with van der Waals surface area (Å²) in [7, 11) is -3.91. The smallest absolute Gasteiger partial charge is 0.410 e. The van der Waals surface area contributed by atoms with Crippen LogP contribution in [0.1, 0.15) is 83.4 Å². The fraction of sp³-hybridized carbons (Fsp3) is 0.595. The highest BCUT2D eigenvalue weighted by molar-refractivity contribution is 7.91. The van der Waals surface area contributed by atoms with Crippen LogP contribution in [0.3, 0.4) is 0 Å². The number of carbonyl (C=O) groups excluding carboxylic acids is 5. The van der Waals surface area contributed by atoms with Gasteiger partial charge in [0.05, 0.1) is 24.9 Å². The summed E-state index contributed by atoms with van der Waals surface area (Å²) in [6.07, 6.45) is 4.70. The van der Waals surface area contributed by atoms with Crippen LogP contribution in [0.25, 0.3) is 6.08 Å². The fourth-order valence-electron chi connectivity index (χ4n) is 7.14. The topological polar surface area (TPSA) is 181 Å². The molecule has 14 nitrogen and oxygen atoms in total. The zero-order valence-corrected chi connectivity index (χ0v) is 31.2. The third kappa shape index (κ3) is 7.69. The number of alkyl carbamates (subject to hydrolysis) is 1. The molecule has 3 aliphatic heterocycles. The standard InChI is InChI=1S/C37H49N5O9S/c1-7-24-17-37(24,32(45)40-52(48,49)26-13-14-26)39-30(43)28-16-25-19-42(28)31(44)29(35(2,3)4)38-33(46)50-21-36(5,6)15-9-12-22-10-8-11-23-18-41(20-27(22)23)34(47)51-25/h7-12,24-26,28-29H,1,13-21H2,2-6H3,(H,38,46)(H,39,43)(H,40,45)/b12-9+/t24-,25-,28+,29-,37+/m1/s1. The highest BCUT2D eigenvalue weighted by Crippen LogP contribution is 2.45. The Kier molecular flexibility index (Phi) is 9.73. The van der Waals surface area contributed by atoms with E-state index >= 15 is 0 Å². The Morgan fingerprint density at radius 3 is 2.50 bits per heavy atom. The third-order valence-electron chi connectivity index (χ3n) is 10.6. The van der Waals surface area contributed by atoms with E-state index in [9.17, 15) is 32.4 Å². The number of hydrogen-bond donors (Lipinski definition) is 3. The van der Waals surface area contributed by atoms with Gasteiger partial charge in [0.15, 0.2) is 0 Å². The van der Waals surface area contributed by atoms with Gasteiger partial charge in [0.2, 0.25) is 21.8 Å². The van der Waals surface area contributed by atoms with E-state index in [2.05, 4.69) is 21.9 Å². The van der Waals surface area contributed by atoms with Crippen molar-refractivity contribution in [3.63, 3.8) is 0 Å². The van der Waals surface area contributed by atoms with Gasteiger partial charge < -0.3 is 25.0 Å². The molecule has 0 unspecified atom stereocenters. The highest BCUT2D eigenvalue weighted by Gasteiger charge is 2.62. The van der Waals surface area contributed by atoms with Gasteiger partial charge in [-0.15, -0.1) is 6.58 Å². The molecule has 3 fully saturated rings. The molecule has 1 aromatic rings. The van der Waals surface area contributed by atoms with Gasteiger partial charge >= 0.3 is 12.2 Å². The third-order valence-corrected chi connectivity index (χ3v) is 12.4. The number of amides is 5. The molecule has 3 N–H and O–H groups in total. The number of carbonyl (C=O) groups is 5. The van der Waals surface area contributed by atoms with E-state index in [1.807, 2.05) is 44.2 Å². The molecule has 5 aliphatic rings. The van der Waals surface area contributed by atoms with Gasteiger partial charge in [-0.3, -0.25) is 24.0 Å². The number of benzene rings is 1. The number of allylic oxidation sites excluding steroid dienone is 1. The van der Waals surface area contributed by atoms with Gasteiger partial charge in [-0.1, -0.05) is 71.0 Å². The number of nitrogens with one attached hydrogen (secondary N) is 3. The van der Waals surface area contributed by atoms with Crippen molar-refractivity contribution in [3.8, 4) is 0 Å². The van der Waals surface area contributed by atoms with Gasteiger partial charge in [-0.2, -0.15) is 0 Å². The minimum atomic E-state index is -3.91. The molecule has 6 rings (SSSR count). The zero-order chi connectivity index (χ0) is 37.8. The molecule has 2 aliphatic carbocycles. The van der Waals surface area contributed by atoms with Crippen molar-refractivity contribution >= 4 is 46.0 Å². The maximum absolute atomic E-state index is 14.4. The number of cyclic esters (lactones) is 1. The van der Waals surface area contributed by atoms with Crippen molar-refractivity contribution in [2.24, 2.45) is 16.7 Å². The number of fused-ring (bicyclic) bond motifs is 3. The maximum Gasteiger partial charge on any atom is 0.410 e. The minimum absolute atomic E-state index is 0.0686. The first-order valence-corrected chi connectivity index (χ1v) is 19.4. The lowest BCUT2D eigenvalue weighted by Gasteiger charge is -2.35. The summed E-state index contributed by atoms with van der Waals surface area (Å²) in [4.78, 5) is 71.7. The largest absolute Gasteiger partial charge is 0.449 e. The normalized spacial score (nSPS) is 29.8. The molecule has 3 heterocycles. The molecule has 0 spiro atoms. The van der Waals surface area contributed by atoms with Crippen molar-refractivity contribution in [2.45, 2.75) is 109 Å². The molecule has 1 aromatic carbocycles. The first-order chi connectivity index (χ1) is 24.3. The van der Waals surface area contributed by atoms with Gasteiger partial charge in [-0.25, -0.2) is 18.0 Å². The Morgan fingerprint density at radius 1 is 1.12 bits per heavy atom. The summed E-state index contributed by atoms with van der Waals surface area (Å²) in [5.74, 6) is -2.74. The van der Waals surface area contributed by atoms with Crippen molar-refractivity contribution in [3.05, 3.63) is 53.6 Å². The SMILES string of the molecule is C=C[C@@H]1C[C@@]1(NC(=O)[C@@H]1C[C@@H]2CN1C(=O)[C@H](C(C)(C)C)NC(=O)OCC(C)(C)C/C=C/c1cccc3c1CN(C3)C(=O)O2)C(=O)NS(=O)(=O)C1CC1. The monoisotopic (exact) mass is 739 g/mol. The van der Waals surface area contributed by atoms with E-state index < -0.39 is 85.7 Å². The minimum Gasteiger partial charge on any atom is -0.449 e. The summed E-state index contributed by atoms with van der Waals surface area (Å²) in [5, 5.41) is 4.80. The zero-order valence-electron chi connectivity index (χ0n) is 30.4. The van der Waals surface area contributed by atoms with Crippen LogP contribution in [-0.2, 0) is 47.0 Å². The second-order valence-corrected chi connectivity index (χ2v) is 18.5. The van der Waals surface area contributed by atoms with Crippen molar-refractivity contribution in [1.29, 1.82) is 0 Å². The average Bonchev–Trinajstić information content (AvgIpc) is 3.95. The second kappa shape index (κ2) is 13.5. The Labute approximate surface area is 304 Å². The molecule has 1 saturated heterocycles. The Bertz CT molecular complexity index is 1810. The maximum atomic E-state index is 14.4.